The van der Waals surface area contributed by atoms with Gasteiger partial charge in [0.15, 0.2) is 0 Å². The van der Waals surface area contributed by atoms with Crippen LogP contribution < -0.4 is 10.7 Å². The molecule has 2 N–H and O–H groups in total. The summed E-state index contributed by atoms with van der Waals surface area (Å²) in [4.78, 5) is 12.4. The number of anilines is 1. The second-order valence-electron chi connectivity index (χ2n) is 4.96. The maximum absolute atomic E-state index is 12.4. The molecule has 102 valence electrons. The molecular formula is C15H21N3O. The lowest BCUT2D eigenvalue weighted by molar-refractivity contribution is -0.119. The van der Waals surface area contributed by atoms with E-state index in [0.717, 1.165) is 29.8 Å². The molecule has 1 aliphatic rings. The van der Waals surface area contributed by atoms with E-state index in [1.54, 1.807) is 5.01 Å². The van der Waals surface area contributed by atoms with E-state index >= 15 is 0 Å². The number of benzene rings is 1. The number of nitrogens with zero attached hydrogens (tertiary/aromatic N) is 2. The van der Waals surface area contributed by atoms with Crippen molar-refractivity contribution in [3.63, 3.8) is 0 Å². The Hall–Kier alpha value is -1.68. The van der Waals surface area contributed by atoms with Crippen molar-refractivity contribution in [3.05, 3.63) is 29.8 Å². The molecule has 1 unspecified atom stereocenters. The van der Waals surface area contributed by atoms with Crippen molar-refractivity contribution in [2.24, 2.45) is 16.8 Å². The van der Waals surface area contributed by atoms with E-state index in [4.69, 9.17) is 5.73 Å². The van der Waals surface area contributed by atoms with Crippen LogP contribution in [0.5, 0.6) is 0 Å². The van der Waals surface area contributed by atoms with Crippen LogP contribution in [-0.2, 0) is 4.79 Å². The van der Waals surface area contributed by atoms with Crippen LogP contribution in [0.15, 0.2) is 29.4 Å². The smallest absolute Gasteiger partial charge is 0.256 e. The summed E-state index contributed by atoms with van der Waals surface area (Å²) in [6.45, 7) is 4.63. The number of hydrogen-bond donors (Lipinski definition) is 1. The predicted octanol–water partition coefficient (Wildman–Crippen LogP) is 2.46. The summed E-state index contributed by atoms with van der Waals surface area (Å²) < 4.78 is 0. The number of aryl methyl sites for hydroxylation is 1. The molecular weight excluding hydrogens is 238 g/mol. The molecule has 1 amide bonds. The Labute approximate surface area is 114 Å². The van der Waals surface area contributed by atoms with Crippen LogP contribution in [0.2, 0.25) is 0 Å². The molecule has 1 heterocycles. The number of rotatable bonds is 5. The third kappa shape index (κ3) is 2.84. The summed E-state index contributed by atoms with van der Waals surface area (Å²) in [5.41, 5.74) is 8.55. The minimum atomic E-state index is -0.134. The molecule has 4 nitrogen and oxygen atoms in total. The van der Waals surface area contributed by atoms with Crippen LogP contribution >= 0.6 is 0 Å². The van der Waals surface area contributed by atoms with Crippen LogP contribution in [0.1, 0.15) is 31.7 Å². The average molecular weight is 259 g/mol. The summed E-state index contributed by atoms with van der Waals surface area (Å²) >= 11 is 0. The number of carbonyl (C=O) groups is 1. The lowest BCUT2D eigenvalue weighted by atomic mass is 9.96. The zero-order valence-corrected chi connectivity index (χ0v) is 11.6. The zero-order chi connectivity index (χ0) is 13.8. The lowest BCUT2D eigenvalue weighted by Crippen LogP contribution is -2.29. The predicted molar refractivity (Wildman–Crippen MR) is 78.2 cm³/mol. The van der Waals surface area contributed by atoms with Gasteiger partial charge in [0.05, 0.1) is 17.3 Å². The Morgan fingerprint density at radius 2 is 2.21 bits per heavy atom. The third-order valence-corrected chi connectivity index (χ3v) is 3.35. The number of hydrogen-bond acceptors (Lipinski definition) is 3. The van der Waals surface area contributed by atoms with Crippen molar-refractivity contribution in [2.75, 3.05) is 11.6 Å². The van der Waals surface area contributed by atoms with Gasteiger partial charge in [-0.05, 0) is 44.0 Å². The van der Waals surface area contributed by atoms with Crippen molar-refractivity contribution >= 4 is 17.3 Å². The number of hydrazone groups is 1. The average Bonchev–Trinajstić information content (AvgIpc) is 2.69. The summed E-state index contributed by atoms with van der Waals surface area (Å²) in [7, 11) is 0. The third-order valence-electron chi connectivity index (χ3n) is 3.35. The van der Waals surface area contributed by atoms with Crippen LogP contribution in [0.25, 0.3) is 0 Å². The maximum Gasteiger partial charge on any atom is 0.256 e. The molecule has 2 rings (SSSR count). The molecule has 1 atom stereocenters. The second kappa shape index (κ2) is 5.97. The molecule has 0 saturated heterocycles. The van der Waals surface area contributed by atoms with Crippen LogP contribution in [0, 0.1) is 12.8 Å². The highest BCUT2D eigenvalue weighted by molar-refractivity contribution is 6.15. The largest absolute Gasteiger partial charge is 0.330 e. The van der Waals surface area contributed by atoms with Crippen LogP contribution in [0.3, 0.4) is 0 Å². The lowest BCUT2D eigenvalue weighted by Gasteiger charge is -2.14. The van der Waals surface area contributed by atoms with Gasteiger partial charge in [0.25, 0.3) is 5.91 Å². The molecule has 1 aromatic rings. The van der Waals surface area contributed by atoms with E-state index in [2.05, 4.69) is 12.0 Å². The molecule has 0 fully saturated rings. The van der Waals surface area contributed by atoms with Gasteiger partial charge in [-0.15, -0.1) is 0 Å². The minimum Gasteiger partial charge on any atom is -0.330 e. The molecule has 1 aliphatic heterocycles. The monoisotopic (exact) mass is 259 g/mol. The van der Waals surface area contributed by atoms with E-state index in [9.17, 15) is 4.79 Å². The maximum atomic E-state index is 12.4. The van der Waals surface area contributed by atoms with E-state index < -0.39 is 0 Å². The van der Waals surface area contributed by atoms with Crippen molar-refractivity contribution in [1.29, 1.82) is 0 Å². The summed E-state index contributed by atoms with van der Waals surface area (Å²) in [6.07, 6.45) is 2.54. The second-order valence-corrected chi connectivity index (χ2v) is 4.96. The minimum absolute atomic E-state index is 0.0551. The molecule has 0 radical (unpaired) electrons. The van der Waals surface area contributed by atoms with E-state index in [-0.39, 0.29) is 11.8 Å². The summed E-state index contributed by atoms with van der Waals surface area (Å²) in [5, 5.41) is 6.06. The molecule has 0 aliphatic carbocycles. The highest BCUT2D eigenvalue weighted by atomic mass is 16.2. The first-order valence-corrected chi connectivity index (χ1v) is 6.85. The first-order valence-electron chi connectivity index (χ1n) is 6.85. The Balaban J connectivity index is 2.29. The quantitative estimate of drug-likeness (QED) is 0.883. The highest BCUT2D eigenvalue weighted by Crippen LogP contribution is 2.27. The van der Waals surface area contributed by atoms with Crippen molar-refractivity contribution in [2.45, 2.75) is 33.1 Å². The van der Waals surface area contributed by atoms with E-state index in [1.807, 2.05) is 31.2 Å². The fourth-order valence-corrected chi connectivity index (χ4v) is 2.42. The van der Waals surface area contributed by atoms with E-state index in [1.165, 1.54) is 0 Å². The van der Waals surface area contributed by atoms with Gasteiger partial charge in [0, 0.05) is 0 Å². The Morgan fingerprint density at radius 3 is 2.84 bits per heavy atom. The van der Waals surface area contributed by atoms with Gasteiger partial charge >= 0.3 is 0 Å². The molecule has 0 saturated carbocycles. The van der Waals surface area contributed by atoms with Gasteiger partial charge in [-0.25, -0.2) is 5.01 Å². The van der Waals surface area contributed by atoms with E-state index in [0.29, 0.717) is 13.0 Å². The molecule has 0 spiro atoms. The van der Waals surface area contributed by atoms with Gasteiger partial charge in [-0.3, -0.25) is 4.79 Å². The van der Waals surface area contributed by atoms with Crippen molar-refractivity contribution in [1.82, 2.24) is 0 Å². The first kappa shape index (κ1) is 13.7. The van der Waals surface area contributed by atoms with Gasteiger partial charge in [0.1, 0.15) is 0 Å². The Morgan fingerprint density at radius 1 is 1.42 bits per heavy atom. The SMILES string of the molecule is CCCC1=NN(c2cccc(C)c2)C(=O)C1CCN. The normalized spacial score (nSPS) is 18.9. The Bertz CT molecular complexity index is 496. The van der Waals surface area contributed by atoms with Crippen molar-refractivity contribution < 1.29 is 4.79 Å². The number of amides is 1. The molecule has 0 bridgehead atoms. The highest BCUT2D eigenvalue weighted by Gasteiger charge is 2.35. The fraction of sp³-hybridized carbons (Fsp3) is 0.467. The molecule has 4 heteroatoms. The first-order chi connectivity index (χ1) is 9.17. The van der Waals surface area contributed by atoms with Gasteiger partial charge in [0.2, 0.25) is 0 Å². The van der Waals surface area contributed by atoms with Crippen LogP contribution in [-0.4, -0.2) is 18.2 Å². The molecule has 19 heavy (non-hydrogen) atoms. The standard InChI is InChI=1S/C15H21N3O/c1-3-5-14-13(8-9-16)15(19)18(17-14)12-7-4-6-11(2)10-12/h4,6-7,10,13H,3,5,8-9,16H2,1-2H3. The molecule has 0 aromatic heterocycles. The Kier molecular flexibility index (Phi) is 4.32. The number of carbonyl (C=O) groups excluding carboxylic acids is 1. The van der Waals surface area contributed by atoms with Gasteiger partial charge in [-0.1, -0.05) is 25.5 Å². The van der Waals surface area contributed by atoms with Gasteiger partial charge in [-0.2, -0.15) is 5.10 Å². The van der Waals surface area contributed by atoms with Crippen LogP contribution in [0.4, 0.5) is 5.69 Å². The number of nitrogens with two attached hydrogens (primary N) is 1. The van der Waals surface area contributed by atoms with Gasteiger partial charge < -0.3 is 5.73 Å². The fourth-order valence-electron chi connectivity index (χ4n) is 2.42. The molecule has 1 aromatic carbocycles. The van der Waals surface area contributed by atoms with Crippen molar-refractivity contribution in [3.8, 4) is 0 Å². The summed E-state index contributed by atoms with van der Waals surface area (Å²) in [5.74, 6) is -0.0787. The topological polar surface area (TPSA) is 58.7 Å². The zero-order valence-electron chi connectivity index (χ0n) is 11.6. The summed E-state index contributed by atoms with van der Waals surface area (Å²) in [6, 6.07) is 7.86.